The first kappa shape index (κ1) is 16.8. The highest BCUT2D eigenvalue weighted by molar-refractivity contribution is 5.81. The SMILES string of the molecule is CN1CCN=C1NCc1cccc(CN2CCCC(C(N)=O)C2)c1. The van der Waals surface area contributed by atoms with Crippen molar-refractivity contribution in [2.45, 2.75) is 25.9 Å². The number of hydrogen-bond donors (Lipinski definition) is 2. The number of rotatable bonds is 5. The van der Waals surface area contributed by atoms with Crippen LogP contribution in [0, 0.1) is 5.92 Å². The fourth-order valence-electron chi connectivity index (χ4n) is 3.43. The van der Waals surface area contributed by atoms with E-state index in [-0.39, 0.29) is 11.8 Å². The van der Waals surface area contributed by atoms with Gasteiger partial charge in [0.05, 0.1) is 12.5 Å². The summed E-state index contributed by atoms with van der Waals surface area (Å²) in [6.07, 6.45) is 1.96. The maximum absolute atomic E-state index is 11.4. The third kappa shape index (κ3) is 4.26. The molecule has 1 aromatic carbocycles. The standard InChI is InChI=1S/C18H27N5O/c1-22-9-7-20-18(22)21-11-14-4-2-5-15(10-14)12-23-8-3-6-16(13-23)17(19)24/h2,4-5,10,16H,3,6-9,11-13H2,1H3,(H2,19,24)(H,20,21). The van der Waals surface area contributed by atoms with Gasteiger partial charge in [-0.05, 0) is 30.5 Å². The summed E-state index contributed by atoms with van der Waals surface area (Å²) in [5.74, 6) is 0.805. The number of amides is 1. The van der Waals surface area contributed by atoms with Crippen LogP contribution in [0.2, 0.25) is 0 Å². The molecule has 0 aromatic heterocycles. The van der Waals surface area contributed by atoms with Crippen molar-refractivity contribution in [2.75, 3.05) is 33.2 Å². The monoisotopic (exact) mass is 329 g/mol. The Morgan fingerprint density at radius 3 is 2.96 bits per heavy atom. The van der Waals surface area contributed by atoms with Gasteiger partial charge >= 0.3 is 0 Å². The van der Waals surface area contributed by atoms with Gasteiger partial charge in [-0.25, -0.2) is 0 Å². The number of benzene rings is 1. The molecule has 6 nitrogen and oxygen atoms in total. The zero-order valence-corrected chi connectivity index (χ0v) is 14.4. The van der Waals surface area contributed by atoms with E-state index in [1.54, 1.807) is 0 Å². The predicted octanol–water partition coefficient (Wildman–Crippen LogP) is 0.775. The van der Waals surface area contributed by atoms with Gasteiger partial charge in [0.25, 0.3) is 0 Å². The van der Waals surface area contributed by atoms with Crippen LogP contribution in [0.15, 0.2) is 29.3 Å². The zero-order chi connectivity index (χ0) is 16.9. The van der Waals surface area contributed by atoms with Gasteiger partial charge in [-0.15, -0.1) is 0 Å². The van der Waals surface area contributed by atoms with Crippen LogP contribution in [0.1, 0.15) is 24.0 Å². The molecule has 24 heavy (non-hydrogen) atoms. The topological polar surface area (TPSA) is 74.0 Å². The lowest BCUT2D eigenvalue weighted by molar-refractivity contribution is -0.123. The second-order valence-electron chi connectivity index (χ2n) is 6.78. The average Bonchev–Trinajstić information content (AvgIpc) is 2.99. The lowest BCUT2D eigenvalue weighted by Gasteiger charge is -2.31. The fraction of sp³-hybridized carbons (Fsp3) is 0.556. The number of carbonyl (C=O) groups is 1. The van der Waals surface area contributed by atoms with Crippen molar-refractivity contribution in [1.29, 1.82) is 0 Å². The van der Waals surface area contributed by atoms with E-state index in [1.807, 2.05) is 0 Å². The van der Waals surface area contributed by atoms with Gasteiger partial charge in [0.1, 0.15) is 0 Å². The van der Waals surface area contributed by atoms with Crippen LogP contribution in [-0.2, 0) is 17.9 Å². The third-order valence-electron chi connectivity index (χ3n) is 4.81. The van der Waals surface area contributed by atoms with Crippen molar-refractivity contribution < 1.29 is 4.79 Å². The van der Waals surface area contributed by atoms with E-state index in [0.717, 1.165) is 58.1 Å². The molecule has 0 bridgehead atoms. The van der Waals surface area contributed by atoms with Crippen LogP contribution in [0.4, 0.5) is 0 Å². The van der Waals surface area contributed by atoms with Gasteiger partial charge in [-0.2, -0.15) is 0 Å². The lowest BCUT2D eigenvalue weighted by Crippen LogP contribution is -2.40. The first-order chi connectivity index (χ1) is 11.6. The minimum absolute atomic E-state index is 0.000449. The molecule has 1 fully saturated rings. The van der Waals surface area contributed by atoms with Gasteiger partial charge in [-0.3, -0.25) is 14.7 Å². The molecule has 0 saturated carbocycles. The van der Waals surface area contributed by atoms with Crippen molar-refractivity contribution in [3.63, 3.8) is 0 Å². The summed E-state index contributed by atoms with van der Waals surface area (Å²) in [5, 5.41) is 3.40. The first-order valence-electron chi connectivity index (χ1n) is 8.71. The Labute approximate surface area is 143 Å². The molecule has 0 spiro atoms. The van der Waals surface area contributed by atoms with Gasteiger partial charge in [0.15, 0.2) is 5.96 Å². The number of guanidine groups is 1. The molecule has 2 aliphatic rings. The molecule has 0 aliphatic carbocycles. The van der Waals surface area contributed by atoms with Crippen molar-refractivity contribution >= 4 is 11.9 Å². The average molecular weight is 329 g/mol. The van der Waals surface area contributed by atoms with Crippen LogP contribution < -0.4 is 11.1 Å². The first-order valence-corrected chi connectivity index (χ1v) is 8.71. The van der Waals surface area contributed by atoms with Gasteiger partial charge in [0.2, 0.25) is 5.91 Å². The summed E-state index contributed by atoms with van der Waals surface area (Å²) < 4.78 is 0. The fourth-order valence-corrected chi connectivity index (χ4v) is 3.43. The summed E-state index contributed by atoms with van der Waals surface area (Å²) in [6.45, 7) is 5.32. The number of likely N-dealkylation sites (tertiary alicyclic amines) is 1. The van der Waals surface area contributed by atoms with Crippen LogP contribution >= 0.6 is 0 Å². The maximum atomic E-state index is 11.4. The number of aliphatic imine (C=N–C) groups is 1. The predicted molar refractivity (Wildman–Crippen MR) is 95.4 cm³/mol. The molecule has 0 radical (unpaired) electrons. The van der Waals surface area contributed by atoms with Crippen LogP contribution in [0.25, 0.3) is 0 Å². The highest BCUT2D eigenvalue weighted by Gasteiger charge is 2.23. The largest absolute Gasteiger partial charge is 0.369 e. The van der Waals surface area contributed by atoms with E-state index in [0.29, 0.717) is 0 Å². The molecule has 3 N–H and O–H groups in total. The van der Waals surface area contributed by atoms with Crippen molar-refractivity contribution in [3.8, 4) is 0 Å². The summed E-state index contributed by atoms with van der Waals surface area (Å²) in [4.78, 5) is 20.3. The smallest absolute Gasteiger partial charge is 0.221 e. The van der Waals surface area contributed by atoms with E-state index < -0.39 is 0 Å². The molecule has 2 heterocycles. The Morgan fingerprint density at radius 1 is 1.38 bits per heavy atom. The van der Waals surface area contributed by atoms with E-state index >= 15 is 0 Å². The molecule has 1 aromatic rings. The number of hydrogen-bond acceptors (Lipinski definition) is 5. The van der Waals surface area contributed by atoms with Crippen molar-refractivity contribution in [1.82, 2.24) is 15.1 Å². The molecule has 1 saturated heterocycles. The summed E-state index contributed by atoms with van der Waals surface area (Å²) in [6, 6.07) is 8.61. The van der Waals surface area contributed by atoms with Crippen LogP contribution in [-0.4, -0.2) is 54.9 Å². The van der Waals surface area contributed by atoms with Crippen molar-refractivity contribution in [2.24, 2.45) is 16.6 Å². The minimum Gasteiger partial charge on any atom is -0.369 e. The van der Waals surface area contributed by atoms with Gasteiger partial charge < -0.3 is 16.0 Å². The molecule has 2 aliphatic heterocycles. The molecular weight excluding hydrogens is 302 g/mol. The molecule has 130 valence electrons. The maximum Gasteiger partial charge on any atom is 0.221 e. The number of nitrogens with zero attached hydrogens (tertiary/aromatic N) is 3. The van der Waals surface area contributed by atoms with Gasteiger partial charge in [0, 0.05) is 33.2 Å². The zero-order valence-electron chi connectivity index (χ0n) is 14.4. The molecule has 6 heteroatoms. The van der Waals surface area contributed by atoms with Crippen molar-refractivity contribution in [3.05, 3.63) is 35.4 Å². The number of piperidine rings is 1. The van der Waals surface area contributed by atoms with Gasteiger partial charge in [-0.1, -0.05) is 24.3 Å². The Kier molecular flexibility index (Phi) is 5.35. The Balaban J connectivity index is 1.56. The Bertz CT molecular complexity index is 615. The molecule has 1 atom stereocenters. The molecule has 3 rings (SSSR count). The van der Waals surface area contributed by atoms with E-state index in [2.05, 4.69) is 51.4 Å². The van der Waals surface area contributed by atoms with E-state index in [4.69, 9.17) is 5.73 Å². The van der Waals surface area contributed by atoms with E-state index in [1.165, 1.54) is 11.1 Å². The number of carbonyl (C=O) groups excluding carboxylic acids is 1. The lowest BCUT2D eigenvalue weighted by atomic mass is 9.97. The number of primary amides is 1. The Morgan fingerprint density at radius 2 is 2.21 bits per heavy atom. The second kappa shape index (κ2) is 7.66. The highest BCUT2D eigenvalue weighted by atomic mass is 16.1. The quantitative estimate of drug-likeness (QED) is 0.837. The number of nitrogens with one attached hydrogen (secondary N) is 1. The number of likely N-dealkylation sites (N-methyl/N-ethyl adjacent to an activating group) is 1. The minimum atomic E-state index is -0.167. The normalized spacial score (nSPS) is 21.6. The Hall–Kier alpha value is -2.08. The highest BCUT2D eigenvalue weighted by Crippen LogP contribution is 2.18. The third-order valence-corrected chi connectivity index (χ3v) is 4.81. The summed E-state index contributed by atoms with van der Waals surface area (Å²) >= 11 is 0. The molecule has 1 unspecified atom stereocenters. The second-order valence-corrected chi connectivity index (χ2v) is 6.78. The van der Waals surface area contributed by atoms with Crippen LogP contribution in [0.5, 0.6) is 0 Å². The van der Waals surface area contributed by atoms with Crippen LogP contribution in [0.3, 0.4) is 0 Å². The summed E-state index contributed by atoms with van der Waals surface area (Å²) in [5.41, 5.74) is 8.00. The molecule has 1 amide bonds. The molecular formula is C18H27N5O. The number of nitrogens with two attached hydrogens (primary N) is 1. The summed E-state index contributed by atoms with van der Waals surface area (Å²) in [7, 11) is 2.06. The van der Waals surface area contributed by atoms with E-state index in [9.17, 15) is 4.79 Å².